The first-order valence-electron chi connectivity index (χ1n) is 21.1. The fraction of sp³-hybridized carbons (Fsp3) is 0.315. The highest BCUT2D eigenvalue weighted by molar-refractivity contribution is 6.10. The number of hydrogen-bond donors (Lipinski definition) is 1. The predicted molar refractivity (Wildman–Crippen MR) is 254 cm³/mol. The van der Waals surface area contributed by atoms with Crippen molar-refractivity contribution in [2.24, 2.45) is 0 Å². The quantitative estimate of drug-likeness (QED) is 0.182. The summed E-state index contributed by atoms with van der Waals surface area (Å²) in [6, 6.07) is 42.7. The van der Waals surface area contributed by atoms with Crippen molar-refractivity contribution in [2.45, 2.75) is 105 Å². The third kappa shape index (κ3) is 8.13. The van der Waals surface area contributed by atoms with E-state index in [-0.39, 0.29) is 21.7 Å². The summed E-state index contributed by atoms with van der Waals surface area (Å²) >= 11 is 0. The first kappa shape index (κ1) is 40.0. The molecule has 59 heavy (non-hydrogen) atoms. The maximum absolute atomic E-state index is 4.96. The standard InChI is InChI=1S/C54H61N5/c1-51(2,3)38-19-17-36(18-20-38)37-23-24-55-50(27-37)59-48-16-14-13-15-46(48)47-22-21-42(34-49(47)59)56-43-29-41(54(10,11)12)32-45(33-43)58-26-25-57(35-58)44-30-39(52(4,5)6)28-40(31-44)53(7,8)9/h13-34,56H,35H2,1-12H3. The number of rotatable bonds is 6. The lowest BCUT2D eigenvalue weighted by Gasteiger charge is -2.29. The molecule has 0 spiro atoms. The minimum Gasteiger partial charge on any atom is -0.355 e. The maximum Gasteiger partial charge on any atom is 0.138 e. The van der Waals surface area contributed by atoms with Gasteiger partial charge in [-0.15, -0.1) is 0 Å². The molecule has 3 heterocycles. The Balaban J connectivity index is 1.14. The van der Waals surface area contributed by atoms with Crippen LogP contribution in [0.3, 0.4) is 0 Å². The molecule has 5 aromatic carbocycles. The fourth-order valence-electron chi connectivity index (χ4n) is 8.02. The maximum atomic E-state index is 4.96. The Morgan fingerprint density at radius 1 is 0.458 bits per heavy atom. The van der Waals surface area contributed by atoms with Crippen LogP contribution in [0.5, 0.6) is 0 Å². The molecule has 0 saturated carbocycles. The molecule has 7 aromatic rings. The number of nitrogens with one attached hydrogen (secondary N) is 1. The first-order valence-corrected chi connectivity index (χ1v) is 21.1. The van der Waals surface area contributed by atoms with E-state index < -0.39 is 0 Å². The summed E-state index contributed by atoms with van der Waals surface area (Å²) in [5, 5.41) is 6.25. The molecule has 0 aliphatic carbocycles. The van der Waals surface area contributed by atoms with E-state index in [1.807, 2.05) is 6.20 Å². The van der Waals surface area contributed by atoms with Crippen LogP contribution in [0.1, 0.15) is 105 Å². The van der Waals surface area contributed by atoms with Gasteiger partial charge in [0.05, 0.1) is 17.7 Å². The molecule has 1 N–H and O–H groups in total. The van der Waals surface area contributed by atoms with Gasteiger partial charge in [-0.2, -0.15) is 0 Å². The summed E-state index contributed by atoms with van der Waals surface area (Å²) in [6.07, 6.45) is 6.38. The van der Waals surface area contributed by atoms with Crippen molar-refractivity contribution in [2.75, 3.05) is 21.8 Å². The average molecular weight is 780 g/mol. The van der Waals surface area contributed by atoms with E-state index in [9.17, 15) is 0 Å². The smallest absolute Gasteiger partial charge is 0.138 e. The number of benzene rings is 5. The molecule has 8 rings (SSSR count). The van der Waals surface area contributed by atoms with Gasteiger partial charge in [0, 0.05) is 52.1 Å². The van der Waals surface area contributed by atoms with Crippen LogP contribution < -0.4 is 15.1 Å². The first-order chi connectivity index (χ1) is 27.7. The molecule has 0 amide bonds. The molecule has 1 aliphatic heterocycles. The van der Waals surface area contributed by atoms with E-state index in [0.29, 0.717) is 0 Å². The number of aromatic nitrogens is 2. The number of para-hydroxylation sites is 1. The lowest BCUT2D eigenvalue weighted by molar-refractivity contribution is 0.568. The Morgan fingerprint density at radius 3 is 1.63 bits per heavy atom. The van der Waals surface area contributed by atoms with Crippen LogP contribution in [0.15, 0.2) is 134 Å². The molecule has 1 aliphatic rings. The molecule has 0 saturated heterocycles. The minimum atomic E-state index is -0.0433. The van der Waals surface area contributed by atoms with Gasteiger partial charge in [0.1, 0.15) is 5.82 Å². The third-order valence-electron chi connectivity index (χ3n) is 11.8. The van der Waals surface area contributed by atoms with Gasteiger partial charge < -0.3 is 15.1 Å². The Bertz CT molecular complexity index is 2670. The van der Waals surface area contributed by atoms with Gasteiger partial charge in [0.2, 0.25) is 0 Å². The van der Waals surface area contributed by atoms with E-state index in [2.05, 4.69) is 230 Å². The second kappa shape index (κ2) is 14.5. The van der Waals surface area contributed by atoms with E-state index >= 15 is 0 Å². The summed E-state index contributed by atoms with van der Waals surface area (Å²) in [5.74, 6) is 0.899. The zero-order valence-corrected chi connectivity index (χ0v) is 37.2. The van der Waals surface area contributed by atoms with E-state index in [0.717, 1.165) is 46.1 Å². The second-order valence-electron chi connectivity index (χ2n) is 20.6. The lowest BCUT2D eigenvalue weighted by atomic mass is 9.80. The Morgan fingerprint density at radius 2 is 1.02 bits per heavy atom. The van der Waals surface area contributed by atoms with Crippen molar-refractivity contribution in [3.05, 3.63) is 156 Å². The molecule has 5 nitrogen and oxygen atoms in total. The number of anilines is 4. The Kier molecular flexibility index (Phi) is 9.81. The minimum absolute atomic E-state index is 0.0433. The van der Waals surface area contributed by atoms with Crippen LogP contribution in [-0.2, 0) is 21.7 Å². The van der Waals surface area contributed by atoms with E-state index in [1.165, 1.54) is 44.3 Å². The van der Waals surface area contributed by atoms with Crippen LogP contribution in [0, 0.1) is 0 Å². The normalized spacial score (nSPS) is 13.9. The second-order valence-corrected chi connectivity index (χ2v) is 20.6. The van der Waals surface area contributed by atoms with Crippen molar-refractivity contribution in [1.29, 1.82) is 0 Å². The third-order valence-corrected chi connectivity index (χ3v) is 11.8. The summed E-state index contributed by atoms with van der Waals surface area (Å²) in [4.78, 5) is 9.69. The van der Waals surface area contributed by atoms with Crippen molar-refractivity contribution in [1.82, 2.24) is 9.55 Å². The van der Waals surface area contributed by atoms with Crippen LogP contribution >= 0.6 is 0 Å². The van der Waals surface area contributed by atoms with Gasteiger partial charge in [-0.05, 0) is 116 Å². The summed E-state index contributed by atoms with van der Waals surface area (Å²) in [5.41, 5.74) is 14.6. The number of fused-ring (bicyclic) bond motifs is 3. The van der Waals surface area contributed by atoms with Gasteiger partial charge in [-0.1, -0.05) is 138 Å². The van der Waals surface area contributed by atoms with Crippen molar-refractivity contribution >= 4 is 44.6 Å². The lowest BCUT2D eigenvalue weighted by Crippen LogP contribution is -2.26. The van der Waals surface area contributed by atoms with Crippen LogP contribution in [0.25, 0.3) is 38.8 Å². The predicted octanol–water partition coefficient (Wildman–Crippen LogP) is 14.5. The molecule has 5 heteroatoms. The largest absolute Gasteiger partial charge is 0.355 e. The van der Waals surface area contributed by atoms with Gasteiger partial charge in [-0.25, -0.2) is 4.98 Å². The highest BCUT2D eigenvalue weighted by Crippen LogP contribution is 2.39. The monoisotopic (exact) mass is 779 g/mol. The Hall–Kier alpha value is -5.81. The number of pyridine rings is 1. The van der Waals surface area contributed by atoms with E-state index in [4.69, 9.17) is 4.98 Å². The fourth-order valence-corrected chi connectivity index (χ4v) is 8.02. The molecular formula is C54H61N5. The van der Waals surface area contributed by atoms with Gasteiger partial charge >= 0.3 is 0 Å². The Labute approximate surface area is 352 Å². The van der Waals surface area contributed by atoms with Gasteiger partial charge in [0.15, 0.2) is 0 Å². The summed E-state index contributed by atoms with van der Waals surface area (Å²) in [7, 11) is 0. The summed E-state index contributed by atoms with van der Waals surface area (Å²) in [6.45, 7) is 28.2. The van der Waals surface area contributed by atoms with E-state index in [1.54, 1.807) is 0 Å². The topological polar surface area (TPSA) is 36.3 Å². The number of hydrogen-bond acceptors (Lipinski definition) is 4. The van der Waals surface area contributed by atoms with Crippen LogP contribution in [0.2, 0.25) is 0 Å². The molecule has 0 atom stereocenters. The van der Waals surface area contributed by atoms with Crippen molar-refractivity contribution in [3.63, 3.8) is 0 Å². The van der Waals surface area contributed by atoms with Gasteiger partial charge in [-0.3, -0.25) is 4.57 Å². The SMILES string of the molecule is CC(C)(C)c1ccc(-c2ccnc(-n3c4ccccc4c4ccc(Nc5cc(N6C=CN(c7cc(C(C)(C)C)cc(C(C)(C)C)c7)C6)cc(C(C)(C)C)c5)cc43)c2)cc1. The average Bonchev–Trinajstić information content (AvgIpc) is 3.80. The molecule has 0 radical (unpaired) electrons. The molecule has 0 unspecified atom stereocenters. The molecular weight excluding hydrogens is 719 g/mol. The highest BCUT2D eigenvalue weighted by atomic mass is 15.3. The zero-order valence-electron chi connectivity index (χ0n) is 37.2. The molecule has 0 fully saturated rings. The van der Waals surface area contributed by atoms with Crippen LogP contribution in [-0.4, -0.2) is 16.2 Å². The molecule has 2 aromatic heterocycles. The van der Waals surface area contributed by atoms with Gasteiger partial charge in [0.25, 0.3) is 0 Å². The number of nitrogens with zero attached hydrogens (tertiary/aromatic N) is 4. The van der Waals surface area contributed by atoms with Crippen LogP contribution in [0.4, 0.5) is 22.7 Å². The van der Waals surface area contributed by atoms with Crippen molar-refractivity contribution in [3.8, 4) is 16.9 Å². The zero-order chi connectivity index (χ0) is 42.1. The highest BCUT2D eigenvalue weighted by Gasteiger charge is 2.25. The summed E-state index contributed by atoms with van der Waals surface area (Å²) < 4.78 is 2.31. The van der Waals surface area contributed by atoms with Crippen molar-refractivity contribution < 1.29 is 0 Å². The molecule has 302 valence electrons. The molecule has 0 bridgehead atoms.